The van der Waals surface area contributed by atoms with Gasteiger partial charge in [0.2, 0.25) is 17.1 Å². The third-order valence-electron chi connectivity index (χ3n) is 10.9. The Bertz CT molecular complexity index is 2270. The zero-order chi connectivity index (χ0) is 33.5. The lowest BCUT2D eigenvalue weighted by Crippen LogP contribution is -2.54. The molecule has 2 aliphatic rings. The molecule has 6 aromatic rings. The molecule has 0 N–H and O–H groups in total. The SMILES string of the molecule is C=C1CC2C(CCc3ccc4c(oc5ncccc54)c3-c3cc(C(C)(C)C)cc[n+]31)c1ccccc1-c1cc(CC)c([Si](C)(C)C)c[n+]12. The van der Waals surface area contributed by atoms with Crippen molar-refractivity contribution in [2.45, 2.75) is 90.4 Å². The number of allylic oxidation sites excluding steroid dienone is 1. The van der Waals surface area contributed by atoms with E-state index < -0.39 is 8.07 Å². The monoisotopic (exact) mass is 649 g/mol. The zero-order valence-electron chi connectivity index (χ0n) is 29.5. The van der Waals surface area contributed by atoms with Crippen molar-refractivity contribution < 1.29 is 13.6 Å². The lowest BCUT2D eigenvalue weighted by Gasteiger charge is -2.33. The lowest BCUT2D eigenvalue weighted by atomic mass is 9.77. The van der Waals surface area contributed by atoms with E-state index in [0.29, 0.717) is 11.6 Å². The van der Waals surface area contributed by atoms with Crippen molar-refractivity contribution in [3.05, 3.63) is 114 Å². The molecule has 0 fully saturated rings. The number of hydrogen-bond donors (Lipinski definition) is 0. The molecule has 242 valence electrons. The highest BCUT2D eigenvalue weighted by atomic mass is 28.3. The molecule has 0 bridgehead atoms. The first-order valence-corrected chi connectivity index (χ1v) is 21.2. The highest BCUT2D eigenvalue weighted by Crippen LogP contribution is 2.46. The summed E-state index contributed by atoms with van der Waals surface area (Å²) in [4.78, 5) is 4.62. The van der Waals surface area contributed by atoms with Crippen molar-refractivity contribution in [2.75, 3.05) is 0 Å². The number of fused-ring (bicyclic) bond motifs is 13. The summed E-state index contributed by atoms with van der Waals surface area (Å²) in [6.45, 7) is 21.5. The molecule has 0 aliphatic carbocycles. The number of nitrogens with zero attached hydrogens (tertiary/aromatic N) is 3. The molecular weight excluding hydrogens is 603 g/mol. The third kappa shape index (κ3) is 4.89. The molecule has 2 aliphatic heterocycles. The maximum absolute atomic E-state index is 6.66. The maximum atomic E-state index is 6.66. The molecule has 0 saturated carbocycles. The van der Waals surface area contributed by atoms with Gasteiger partial charge in [0.1, 0.15) is 0 Å². The Morgan fingerprint density at radius 3 is 2.54 bits per heavy atom. The Kier molecular flexibility index (Phi) is 7.15. The summed E-state index contributed by atoms with van der Waals surface area (Å²) < 4.78 is 11.7. The van der Waals surface area contributed by atoms with Gasteiger partial charge < -0.3 is 4.42 Å². The van der Waals surface area contributed by atoms with E-state index in [1.165, 1.54) is 39.1 Å². The summed E-state index contributed by atoms with van der Waals surface area (Å²) in [7, 11) is -1.60. The second-order valence-corrected chi connectivity index (χ2v) is 21.1. The van der Waals surface area contributed by atoms with Crippen LogP contribution in [-0.4, -0.2) is 13.1 Å². The number of aromatic nitrogens is 3. The van der Waals surface area contributed by atoms with Gasteiger partial charge in [-0.1, -0.05) is 77.7 Å². The molecule has 0 amide bonds. The fourth-order valence-electron chi connectivity index (χ4n) is 8.40. The predicted molar refractivity (Wildman–Crippen MR) is 200 cm³/mol. The van der Waals surface area contributed by atoms with E-state index in [1.807, 2.05) is 12.3 Å². The van der Waals surface area contributed by atoms with Gasteiger partial charge in [-0.05, 0) is 71.7 Å². The van der Waals surface area contributed by atoms with Crippen LogP contribution >= 0.6 is 0 Å². The van der Waals surface area contributed by atoms with Crippen molar-refractivity contribution in [3.8, 4) is 22.5 Å². The first-order valence-electron chi connectivity index (χ1n) is 17.7. The van der Waals surface area contributed by atoms with E-state index in [2.05, 4.69) is 135 Å². The highest BCUT2D eigenvalue weighted by molar-refractivity contribution is 6.89. The molecule has 4 aromatic heterocycles. The van der Waals surface area contributed by atoms with Crippen LogP contribution in [0, 0.1) is 0 Å². The standard InChI is InChI=1S/C43H47N3OSi/c1-9-28-24-37-32-14-11-10-13-31(32)33-18-16-29-17-19-34-35-15-12-21-44-42(35)47-41(34)40(29)38-25-30(43(3,4)5)20-22-45(38)27(2)23-36(33)46(37)26-39(28)48(6,7)8/h10-15,17,19-22,24-26,33,36H,2,9,16,18,23H2,1,3-8H3/q+2. The Morgan fingerprint density at radius 1 is 0.958 bits per heavy atom. The summed E-state index contributed by atoms with van der Waals surface area (Å²) in [5.41, 5.74) is 13.3. The van der Waals surface area contributed by atoms with Gasteiger partial charge in [-0.2, -0.15) is 9.13 Å². The highest BCUT2D eigenvalue weighted by Gasteiger charge is 2.44. The van der Waals surface area contributed by atoms with Crippen LogP contribution in [0.1, 0.15) is 74.8 Å². The lowest BCUT2D eigenvalue weighted by molar-refractivity contribution is -0.719. The maximum Gasteiger partial charge on any atom is 0.227 e. The van der Waals surface area contributed by atoms with E-state index in [-0.39, 0.29) is 11.5 Å². The van der Waals surface area contributed by atoms with Crippen LogP contribution in [-0.2, 0) is 18.3 Å². The fraction of sp³-hybridized carbons (Fsp3) is 0.326. The smallest absolute Gasteiger partial charge is 0.227 e. The van der Waals surface area contributed by atoms with Crippen LogP contribution in [0.25, 0.3) is 50.3 Å². The summed E-state index contributed by atoms with van der Waals surface area (Å²) in [6, 6.07) is 25.3. The second-order valence-electron chi connectivity index (χ2n) is 16.0. The minimum absolute atomic E-state index is 0.00701. The Hall–Kier alpha value is -4.35. The van der Waals surface area contributed by atoms with Gasteiger partial charge >= 0.3 is 0 Å². The predicted octanol–water partition coefficient (Wildman–Crippen LogP) is 9.44. The summed E-state index contributed by atoms with van der Waals surface area (Å²) in [5.74, 6) is 0.342. The van der Waals surface area contributed by atoms with Crippen LogP contribution < -0.4 is 14.3 Å². The number of benzene rings is 2. The molecule has 0 radical (unpaired) electrons. The Morgan fingerprint density at radius 2 is 1.77 bits per heavy atom. The quantitative estimate of drug-likeness (QED) is 0.138. The van der Waals surface area contributed by atoms with Crippen molar-refractivity contribution in [1.82, 2.24) is 4.98 Å². The Balaban J connectivity index is 1.39. The van der Waals surface area contributed by atoms with Crippen molar-refractivity contribution in [2.24, 2.45) is 0 Å². The van der Waals surface area contributed by atoms with E-state index >= 15 is 0 Å². The summed E-state index contributed by atoms with van der Waals surface area (Å²) in [6.07, 6.45) is 10.5. The van der Waals surface area contributed by atoms with E-state index in [9.17, 15) is 0 Å². The van der Waals surface area contributed by atoms with Crippen LogP contribution in [0.15, 0.2) is 96.3 Å². The molecule has 2 atom stereocenters. The first kappa shape index (κ1) is 30.9. The molecule has 0 saturated heterocycles. The number of furan rings is 1. The molecule has 2 unspecified atom stereocenters. The van der Waals surface area contributed by atoms with Gasteiger partial charge in [0.15, 0.2) is 29.7 Å². The fourth-order valence-corrected chi connectivity index (χ4v) is 10.1. The van der Waals surface area contributed by atoms with Crippen LogP contribution in [0.5, 0.6) is 0 Å². The average Bonchev–Trinajstić information content (AvgIpc) is 3.44. The second kappa shape index (κ2) is 11.1. The summed E-state index contributed by atoms with van der Waals surface area (Å²) >= 11 is 0. The Labute approximate surface area is 285 Å². The topological polar surface area (TPSA) is 33.8 Å². The van der Waals surface area contributed by atoms with Crippen molar-refractivity contribution in [1.29, 1.82) is 0 Å². The van der Waals surface area contributed by atoms with E-state index in [0.717, 1.165) is 53.4 Å². The van der Waals surface area contributed by atoms with E-state index in [4.69, 9.17) is 11.0 Å². The molecule has 4 nitrogen and oxygen atoms in total. The van der Waals surface area contributed by atoms with Crippen molar-refractivity contribution >= 4 is 41.0 Å². The number of pyridine rings is 3. The van der Waals surface area contributed by atoms with Gasteiger partial charge in [-0.3, -0.25) is 0 Å². The minimum atomic E-state index is -1.60. The van der Waals surface area contributed by atoms with E-state index in [1.54, 1.807) is 5.19 Å². The normalized spacial score (nSPS) is 17.8. The zero-order valence-corrected chi connectivity index (χ0v) is 30.5. The number of aryl methyl sites for hydroxylation is 2. The molecule has 0 spiro atoms. The van der Waals surface area contributed by atoms with Gasteiger partial charge in [0, 0.05) is 51.8 Å². The molecule has 8 rings (SSSR count). The first-order chi connectivity index (χ1) is 22.9. The van der Waals surface area contributed by atoms with Crippen LogP contribution in [0.2, 0.25) is 19.6 Å². The van der Waals surface area contributed by atoms with Crippen LogP contribution in [0.4, 0.5) is 0 Å². The molecule has 2 aromatic carbocycles. The largest absolute Gasteiger partial charge is 0.437 e. The van der Waals surface area contributed by atoms with Crippen molar-refractivity contribution in [3.63, 3.8) is 0 Å². The molecule has 6 heterocycles. The van der Waals surface area contributed by atoms with Gasteiger partial charge in [-0.15, -0.1) is 0 Å². The average molecular weight is 650 g/mol. The number of rotatable bonds is 2. The molecule has 48 heavy (non-hydrogen) atoms. The van der Waals surface area contributed by atoms with Gasteiger partial charge in [0.05, 0.1) is 20.1 Å². The molecular formula is C43H47N3OSi+2. The minimum Gasteiger partial charge on any atom is -0.437 e. The molecule has 5 heteroatoms. The number of hydrogen-bond acceptors (Lipinski definition) is 2. The van der Waals surface area contributed by atoms with Gasteiger partial charge in [-0.25, -0.2) is 4.98 Å². The van der Waals surface area contributed by atoms with Crippen LogP contribution in [0.3, 0.4) is 0 Å². The van der Waals surface area contributed by atoms with Gasteiger partial charge in [0.25, 0.3) is 0 Å². The third-order valence-corrected chi connectivity index (χ3v) is 13.0. The summed E-state index contributed by atoms with van der Waals surface area (Å²) in [5, 5.41) is 3.75.